The number of hydrogen-bond donors (Lipinski definition) is 1. The summed E-state index contributed by atoms with van der Waals surface area (Å²) in [6, 6.07) is 9.59. The van der Waals surface area contributed by atoms with Gasteiger partial charge >= 0.3 is 0 Å². The van der Waals surface area contributed by atoms with Crippen molar-refractivity contribution in [2.75, 3.05) is 26.8 Å². The highest BCUT2D eigenvalue weighted by Crippen LogP contribution is 2.20. The summed E-state index contributed by atoms with van der Waals surface area (Å²) in [5, 5.41) is 3.63. The summed E-state index contributed by atoms with van der Waals surface area (Å²) in [5.41, 5.74) is 2.89. The zero-order valence-corrected chi connectivity index (χ0v) is 13.8. The van der Waals surface area contributed by atoms with Gasteiger partial charge in [-0.25, -0.2) is 0 Å². The molecule has 1 aromatic carbocycles. The molecule has 2 rings (SSSR count). The highest BCUT2D eigenvalue weighted by molar-refractivity contribution is 5.27. The molecule has 0 aromatic heterocycles. The van der Waals surface area contributed by atoms with Gasteiger partial charge < -0.3 is 10.1 Å². The highest BCUT2D eigenvalue weighted by Gasteiger charge is 2.20. The van der Waals surface area contributed by atoms with Gasteiger partial charge in [-0.2, -0.15) is 0 Å². The first kappa shape index (κ1) is 16.5. The van der Waals surface area contributed by atoms with E-state index in [9.17, 15) is 0 Å². The Morgan fingerprint density at radius 3 is 2.57 bits per heavy atom. The molecule has 21 heavy (non-hydrogen) atoms. The van der Waals surface area contributed by atoms with Gasteiger partial charge in [-0.1, -0.05) is 38.1 Å². The molecule has 0 heterocycles. The molecule has 0 bridgehead atoms. The quantitative estimate of drug-likeness (QED) is 0.717. The van der Waals surface area contributed by atoms with Crippen LogP contribution in [0.4, 0.5) is 0 Å². The van der Waals surface area contributed by atoms with Crippen LogP contribution in [0.2, 0.25) is 0 Å². The topological polar surface area (TPSA) is 24.5 Å². The van der Waals surface area contributed by atoms with Crippen LogP contribution < -0.4 is 5.32 Å². The summed E-state index contributed by atoms with van der Waals surface area (Å²) in [4.78, 5) is 2.50. The predicted octanol–water partition coefficient (Wildman–Crippen LogP) is 3.04. The van der Waals surface area contributed by atoms with Gasteiger partial charge in [-0.05, 0) is 29.9 Å². The van der Waals surface area contributed by atoms with Crippen molar-refractivity contribution in [3.8, 4) is 0 Å². The lowest BCUT2D eigenvalue weighted by Gasteiger charge is -2.25. The minimum atomic E-state index is 0.679. The van der Waals surface area contributed by atoms with Crippen molar-refractivity contribution in [3.63, 3.8) is 0 Å². The summed E-state index contributed by atoms with van der Waals surface area (Å²) < 4.78 is 5.26. The number of methoxy groups -OCH3 is 1. The largest absolute Gasteiger partial charge is 0.383 e. The molecule has 3 nitrogen and oxygen atoms in total. The average Bonchev–Trinajstić information content (AvgIpc) is 3.27. The fraction of sp³-hybridized carbons (Fsp3) is 0.667. The molecule has 0 unspecified atom stereocenters. The third-order valence-electron chi connectivity index (χ3n) is 3.91. The van der Waals surface area contributed by atoms with Crippen LogP contribution in [0.3, 0.4) is 0 Å². The summed E-state index contributed by atoms with van der Waals surface area (Å²) >= 11 is 0. The first-order chi connectivity index (χ1) is 10.2. The molecule has 0 radical (unpaired) electrons. The van der Waals surface area contributed by atoms with E-state index in [1.54, 1.807) is 7.11 Å². The van der Waals surface area contributed by atoms with Gasteiger partial charge in [0.1, 0.15) is 0 Å². The van der Waals surface area contributed by atoms with Crippen molar-refractivity contribution >= 4 is 0 Å². The molecule has 1 N–H and O–H groups in total. The van der Waals surface area contributed by atoms with Crippen LogP contribution in [0.25, 0.3) is 0 Å². The number of nitrogens with one attached hydrogen (secondary N) is 1. The summed E-state index contributed by atoms with van der Waals surface area (Å²) in [7, 11) is 1.78. The Labute approximate surface area is 129 Å². The number of benzene rings is 1. The maximum atomic E-state index is 5.26. The fourth-order valence-corrected chi connectivity index (χ4v) is 2.64. The molecule has 0 spiro atoms. The zero-order chi connectivity index (χ0) is 15.1. The molecular weight excluding hydrogens is 260 g/mol. The van der Waals surface area contributed by atoms with Crippen molar-refractivity contribution in [2.45, 2.75) is 45.8 Å². The fourth-order valence-electron chi connectivity index (χ4n) is 2.64. The molecule has 0 amide bonds. The zero-order valence-electron chi connectivity index (χ0n) is 13.8. The van der Waals surface area contributed by atoms with E-state index < -0.39 is 0 Å². The van der Waals surface area contributed by atoms with Crippen molar-refractivity contribution in [2.24, 2.45) is 5.92 Å². The van der Waals surface area contributed by atoms with Gasteiger partial charge in [0.2, 0.25) is 0 Å². The molecule has 1 aliphatic rings. The van der Waals surface area contributed by atoms with E-state index in [1.165, 1.54) is 24.0 Å². The second kappa shape index (κ2) is 8.52. The van der Waals surface area contributed by atoms with Gasteiger partial charge in [0.25, 0.3) is 0 Å². The molecule has 1 aromatic rings. The van der Waals surface area contributed by atoms with E-state index in [0.717, 1.165) is 38.8 Å². The summed E-state index contributed by atoms with van der Waals surface area (Å²) in [6.07, 6.45) is 2.69. The van der Waals surface area contributed by atoms with Crippen LogP contribution in [-0.2, 0) is 17.8 Å². The van der Waals surface area contributed by atoms with Crippen molar-refractivity contribution in [1.29, 1.82) is 0 Å². The average molecular weight is 290 g/mol. The maximum absolute atomic E-state index is 5.26. The molecule has 0 atom stereocenters. The van der Waals surface area contributed by atoms with Gasteiger partial charge in [-0.15, -0.1) is 0 Å². The summed E-state index contributed by atoms with van der Waals surface area (Å²) in [6.45, 7) is 9.49. The monoisotopic (exact) mass is 290 g/mol. The van der Waals surface area contributed by atoms with E-state index in [2.05, 4.69) is 48.3 Å². The van der Waals surface area contributed by atoms with E-state index >= 15 is 0 Å². The lowest BCUT2D eigenvalue weighted by molar-refractivity contribution is 0.136. The first-order valence-electron chi connectivity index (χ1n) is 8.20. The SMILES string of the molecule is COCCN(Cc1ccccc1CNC1CC1)CC(C)C. The summed E-state index contributed by atoms with van der Waals surface area (Å²) in [5.74, 6) is 0.679. The molecule has 0 aliphatic heterocycles. The van der Waals surface area contributed by atoms with Crippen LogP contribution in [0.15, 0.2) is 24.3 Å². The Morgan fingerprint density at radius 2 is 1.95 bits per heavy atom. The number of nitrogens with zero attached hydrogens (tertiary/aromatic N) is 1. The standard InChI is InChI=1S/C18H30N2O/c1-15(2)13-20(10-11-21-3)14-17-7-5-4-6-16(17)12-19-18-8-9-18/h4-7,15,18-19H,8-14H2,1-3H3. The molecular formula is C18H30N2O. The maximum Gasteiger partial charge on any atom is 0.0589 e. The molecule has 118 valence electrons. The van der Waals surface area contributed by atoms with Gasteiger partial charge in [0.05, 0.1) is 6.61 Å². The van der Waals surface area contributed by atoms with E-state index in [0.29, 0.717) is 5.92 Å². The molecule has 0 saturated heterocycles. The molecule has 1 aliphatic carbocycles. The third kappa shape index (κ3) is 6.16. The van der Waals surface area contributed by atoms with E-state index in [1.807, 2.05) is 0 Å². The van der Waals surface area contributed by atoms with Crippen LogP contribution >= 0.6 is 0 Å². The highest BCUT2D eigenvalue weighted by atomic mass is 16.5. The second-order valence-corrected chi connectivity index (χ2v) is 6.55. The Hall–Kier alpha value is -0.900. The smallest absolute Gasteiger partial charge is 0.0589 e. The van der Waals surface area contributed by atoms with E-state index in [4.69, 9.17) is 4.74 Å². The molecule has 1 saturated carbocycles. The lowest BCUT2D eigenvalue weighted by atomic mass is 10.1. The van der Waals surface area contributed by atoms with Crippen LogP contribution in [0, 0.1) is 5.92 Å². The van der Waals surface area contributed by atoms with Crippen LogP contribution in [0.1, 0.15) is 37.8 Å². The van der Waals surface area contributed by atoms with Gasteiger partial charge in [0, 0.05) is 39.3 Å². The molecule has 3 heteroatoms. The minimum absolute atomic E-state index is 0.679. The van der Waals surface area contributed by atoms with Crippen molar-refractivity contribution in [3.05, 3.63) is 35.4 Å². The third-order valence-corrected chi connectivity index (χ3v) is 3.91. The first-order valence-corrected chi connectivity index (χ1v) is 8.20. The Kier molecular flexibility index (Phi) is 6.68. The normalized spacial score (nSPS) is 15.1. The van der Waals surface area contributed by atoms with Crippen molar-refractivity contribution in [1.82, 2.24) is 10.2 Å². The van der Waals surface area contributed by atoms with Crippen LogP contribution in [0.5, 0.6) is 0 Å². The predicted molar refractivity (Wildman–Crippen MR) is 88.3 cm³/mol. The number of rotatable bonds is 10. The van der Waals surface area contributed by atoms with Gasteiger partial charge in [-0.3, -0.25) is 4.90 Å². The lowest BCUT2D eigenvalue weighted by Crippen LogP contribution is -2.31. The minimum Gasteiger partial charge on any atom is -0.383 e. The van der Waals surface area contributed by atoms with Crippen LogP contribution in [-0.4, -0.2) is 37.7 Å². The Morgan fingerprint density at radius 1 is 1.24 bits per heavy atom. The Bertz CT molecular complexity index is 415. The molecule has 1 fully saturated rings. The van der Waals surface area contributed by atoms with E-state index in [-0.39, 0.29) is 0 Å². The Balaban J connectivity index is 1.96. The second-order valence-electron chi connectivity index (χ2n) is 6.55. The number of hydrogen-bond acceptors (Lipinski definition) is 3. The van der Waals surface area contributed by atoms with Gasteiger partial charge in [0.15, 0.2) is 0 Å². The van der Waals surface area contributed by atoms with Crippen molar-refractivity contribution < 1.29 is 4.74 Å². The number of ether oxygens (including phenoxy) is 1.